The summed E-state index contributed by atoms with van der Waals surface area (Å²) in [6.45, 7) is 0.537. The number of rotatable bonds is 3. The van der Waals surface area contributed by atoms with Crippen molar-refractivity contribution in [2.75, 3.05) is 0 Å². The van der Waals surface area contributed by atoms with Crippen molar-refractivity contribution in [3.63, 3.8) is 0 Å². The Morgan fingerprint density at radius 3 is 2.83 bits per heavy atom. The molecule has 2 aromatic rings. The predicted octanol–water partition coefficient (Wildman–Crippen LogP) is 2.80. The van der Waals surface area contributed by atoms with Gasteiger partial charge in [-0.3, -0.25) is 14.4 Å². The molecule has 2 amide bonds. The van der Waals surface area contributed by atoms with Crippen molar-refractivity contribution < 1.29 is 14.7 Å². The minimum absolute atomic E-state index is 0.0294. The Balaban J connectivity index is 1.45. The molecule has 5 rings (SSSR count). The highest BCUT2D eigenvalue weighted by Crippen LogP contribution is 2.45. The predicted molar refractivity (Wildman–Crippen MR) is 111 cm³/mol. The van der Waals surface area contributed by atoms with Crippen LogP contribution in [0.1, 0.15) is 45.7 Å². The van der Waals surface area contributed by atoms with E-state index in [1.54, 1.807) is 22.8 Å². The number of aromatic nitrogens is 1. The average Bonchev–Trinajstić information content (AvgIpc) is 3.33. The number of fused-ring (bicyclic) bond motifs is 6. The van der Waals surface area contributed by atoms with E-state index in [9.17, 15) is 19.5 Å². The van der Waals surface area contributed by atoms with Crippen molar-refractivity contribution in [3.05, 3.63) is 61.5 Å². The van der Waals surface area contributed by atoms with Crippen LogP contribution in [0.5, 0.6) is 5.75 Å². The number of hydrogen-bond donors (Lipinski definition) is 2. The molecule has 156 valence electrons. The molecule has 0 spiro atoms. The highest BCUT2D eigenvalue weighted by Gasteiger charge is 2.51. The zero-order chi connectivity index (χ0) is 21.2. The van der Waals surface area contributed by atoms with Gasteiger partial charge in [-0.2, -0.15) is 0 Å². The Bertz CT molecular complexity index is 1150. The highest BCUT2D eigenvalue weighted by molar-refractivity contribution is 6.42. The number of halogens is 2. The van der Waals surface area contributed by atoms with E-state index in [1.807, 2.05) is 4.90 Å². The molecule has 0 radical (unpaired) electrons. The third kappa shape index (κ3) is 2.83. The Hall–Kier alpha value is -2.51. The summed E-state index contributed by atoms with van der Waals surface area (Å²) in [6.07, 6.45) is 4.38. The first kappa shape index (κ1) is 19.5. The summed E-state index contributed by atoms with van der Waals surface area (Å²) >= 11 is 12.1. The molecular weight excluding hydrogens is 429 g/mol. The molecule has 0 unspecified atom stereocenters. The van der Waals surface area contributed by atoms with Crippen LogP contribution in [0.3, 0.4) is 0 Å². The highest BCUT2D eigenvalue weighted by atomic mass is 35.5. The minimum atomic E-state index is -0.855. The van der Waals surface area contributed by atoms with Gasteiger partial charge in [0.1, 0.15) is 5.56 Å². The lowest BCUT2D eigenvalue weighted by molar-refractivity contribution is 0.0482. The van der Waals surface area contributed by atoms with Crippen LogP contribution in [0.15, 0.2) is 29.2 Å². The van der Waals surface area contributed by atoms with Crippen LogP contribution in [0.25, 0.3) is 0 Å². The molecule has 7 nitrogen and oxygen atoms in total. The van der Waals surface area contributed by atoms with Gasteiger partial charge in [-0.15, -0.1) is 0 Å². The quantitative estimate of drug-likeness (QED) is 0.756. The number of piperidine rings is 1. The molecule has 3 aliphatic rings. The van der Waals surface area contributed by atoms with E-state index in [0.29, 0.717) is 28.1 Å². The molecule has 2 fully saturated rings. The van der Waals surface area contributed by atoms with Crippen molar-refractivity contribution in [2.24, 2.45) is 5.92 Å². The largest absolute Gasteiger partial charge is 0.503 e. The Kier molecular flexibility index (Phi) is 4.56. The van der Waals surface area contributed by atoms with Crippen LogP contribution >= 0.6 is 23.2 Å². The number of nitrogens with one attached hydrogen (secondary N) is 1. The van der Waals surface area contributed by atoms with Crippen LogP contribution in [-0.4, -0.2) is 38.5 Å². The minimum Gasteiger partial charge on any atom is -0.503 e. The maximum absolute atomic E-state index is 13.0. The molecule has 3 atom stereocenters. The molecule has 2 bridgehead atoms. The third-order valence-corrected chi connectivity index (χ3v) is 7.39. The monoisotopic (exact) mass is 447 g/mol. The zero-order valence-corrected chi connectivity index (χ0v) is 17.4. The Morgan fingerprint density at radius 2 is 2.03 bits per heavy atom. The number of hydrogen-bond acceptors (Lipinski definition) is 4. The molecular formula is C21H19Cl2N3O4. The van der Waals surface area contributed by atoms with E-state index >= 15 is 0 Å². The maximum atomic E-state index is 13.0. The fourth-order valence-corrected chi connectivity index (χ4v) is 5.49. The van der Waals surface area contributed by atoms with Gasteiger partial charge in [0.25, 0.3) is 11.8 Å². The van der Waals surface area contributed by atoms with E-state index in [1.165, 1.54) is 6.20 Å². The number of carbonyl (C=O) groups excluding carboxylic acids is 2. The lowest BCUT2D eigenvalue weighted by Crippen LogP contribution is -2.52. The molecule has 1 aromatic carbocycles. The molecule has 9 heteroatoms. The van der Waals surface area contributed by atoms with Crippen molar-refractivity contribution in [3.8, 4) is 5.75 Å². The molecule has 2 aliphatic heterocycles. The van der Waals surface area contributed by atoms with E-state index in [-0.39, 0.29) is 35.8 Å². The molecule has 2 N–H and O–H groups in total. The SMILES string of the molecule is O=C(NCc1cccc(Cl)c1Cl)c1cn2c(c(O)c1=O)C(=O)N1[C@H]3CC[C@H](C3)[C@@H]1C2. The van der Waals surface area contributed by atoms with Crippen LogP contribution in [0, 0.1) is 5.92 Å². The zero-order valence-electron chi connectivity index (χ0n) is 15.9. The number of aromatic hydroxyl groups is 1. The lowest BCUT2D eigenvalue weighted by atomic mass is 9.95. The van der Waals surface area contributed by atoms with Gasteiger partial charge in [0.2, 0.25) is 5.43 Å². The molecule has 1 aliphatic carbocycles. The first-order chi connectivity index (χ1) is 14.4. The van der Waals surface area contributed by atoms with Gasteiger partial charge in [-0.1, -0.05) is 35.3 Å². The standard InChI is InChI=1S/C21H19Cl2N3O4/c22-14-3-1-2-11(16(14)23)7-24-20(29)13-8-25-9-15-10-4-5-12(6-10)26(15)21(30)17(25)19(28)18(13)27/h1-3,8,10,12,15,28H,4-7,9H2,(H,24,29)/t10-,12+,15+/m1/s1. The topological polar surface area (TPSA) is 91.6 Å². The van der Waals surface area contributed by atoms with E-state index < -0.39 is 17.1 Å². The second kappa shape index (κ2) is 7.03. The number of nitrogens with zero attached hydrogens (tertiary/aromatic N) is 2. The summed E-state index contributed by atoms with van der Waals surface area (Å²) < 4.78 is 1.56. The number of benzene rings is 1. The maximum Gasteiger partial charge on any atom is 0.275 e. The van der Waals surface area contributed by atoms with E-state index in [4.69, 9.17) is 23.2 Å². The molecule has 1 saturated heterocycles. The van der Waals surface area contributed by atoms with Gasteiger partial charge in [0.15, 0.2) is 11.4 Å². The van der Waals surface area contributed by atoms with Gasteiger partial charge in [-0.05, 0) is 36.8 Å². The molecule has 30 heavy (non-hydrogen) atoms. The van der Waals surface area contributed by atoms with E-state index in [2.05, 4.69) is 5.32 Å². The molecule has 1 saturated carbocycles. The summed E-state index contributed by atoms with van der Waals surface area (Å²) in [5.41, 5.74) is -0.489. The fourth-order valence-electron chi connectivity index (χ4n) is 5.10. The van der Waals surface area contributed by atoms with Crippen molar-refractivity contribution in [2.45, 2.75) is 44.4 Å². The van der Waals surface area contributed by atoms with Crippen LogP contribution < -0.4 is 10.7 Å². The van der Waals surface area contributed by atoms with Crippen LogP contribution in [0.4, 0.5) is 0 Å². The summed E-state index contributed by atoms with van der Waals surface area (Å²) in [7, 11) is 0. The smallest absolute Gasteiger partial charge is 0.275 e. The van der Waals surface area contributed by atoms with Gasteiger partial charge in [-0.25, -0.2) is 0 Å². The second-order valence-electron chi connectivity index (χ2n) is 8.12. The summed E-state index contributed by atoms with van der Waals surface area (Å²) in [6, 6.07) is 5.29. The molecule has 3 heterocycles. The second-order valence-corrected chi connectivity index (χ2v) is 8.91. The first-order valence-corrected chi connectivity index (χ1v) is 10.6. The number of pyridine rings is 1. The summed E-state index contributed by atoms with van der Waals surface area (Å²) in [5, 5.41) is 13.8. The lowest BCUT2D eigenvalue weighted by Gasteiger charge is -2.40. The summed E-state index contributed by atoms with van der Waals surface area (Å²) in [5.74, 6) is -1.22. The first-order valence-electron chi connectivity index (χ1n) is 9.87. The average molecular weight is 448 g/mol. The normalized spacial score (nSPS) is 24.0. The van der Waals surface area contributed by atoms with Gasteiger partial charge in [0.05, 0.1) is 16.1 Å². The van der Waals surface area contributed by atoms with Gasteiger partial charge < -0.3 is 19.9 Å². The van der Waals surface area contributed by atoms with Crippen molar-refractivity contribution >= 4 is 35.0 Å². The van der Waals surface area contributed by atoms with Crippen molar-refractivity contribution in [1.82, 2.24) is 14.8 Å². The van der Waals surface area contributed by atoms with Crippen molar-refractivity contribution in [1.29, 1.82) is 0 Å². The Morgan fingerprint density at radius 1 is 1.23 bits per heavy atom. The van der Waals surface area contributed by atoms with Gasteiger partial charge in [0, 0.05) is 25.3 Å². The fraction of sp³-hybridized carbons (Fsp3) is 0.381. The van der Waals surface area contributed by atoms with Crippen LogP contribution in [-0.2, 0) is 13.1 Å². The Labute approximate surface area is 182 Å². The van der Waals surface area contributed by atoms with E-state index in [0.717, 1.165) is 19.3 Å². The third-order valence-electron chi connectivity index (χ3n) is 6.53. The number of amides is 2. The molecule has 1 aromatic heterocycles. The van der Waals surface area contributed by atoms with Crippen LogP contribution in [0.2, 0.25) is 10.0 Å². The van der Waals surface area contributed by atoms with Gasteiger partial charge >= 0.3 is 0 Å². The summed E-state index contributed by atoms with van der Waals surface area (Å²) in [4.78, 5) is 40.2. The number of carbonyl (C=O) groups is 2.